The number of rotatable bonds is 6. The van der Waals surface area contributed by atoms with Crippen molar-refractivity contribution in [2.45, 2.75) is 26.4 Å². The molecule has 30 heavy (non-hydrogen) atoms. The molecule has 0 aliphatic carbocycles. The van der Waals surface area contributed by atoms with Gasteiger partial charge in [0.05, 0.1) is 36.7 Å². The van der Waals surface area contributed by atoms with Gasteiger partial charge in [0, 0.05) is 6.54 Å². The van der Waals surface area contributed by atoms with Crippen molar-refractivity contribution in [2.75, 3.05) is 19.6 Å². The van der Waals surface area contributed by atoms with Crippen LogP contribution in [-0.4, -0.2) is 47.3 Å². The predicted molar refractivity (Wildman–Crippen MR) is 109 cm³/mol. The van der Waals surface area contributed by atoms with Crippen LogP contribution in [0.1, 0.15) is 29.9 Å². The fourth-order valence-corrected chi connectivity index (χ4v) is 3.85. The maximum Gasteiger partial charge on any atom is 0.322 e. The average molecular weight is 408 g/mol. The minimum absolute atomic E-state index is 0.0844. The lowest BCUT2D eigenvalue weighted by molar-refractivity contribution is -0.132. The van der Waals surface area contributed by atoms with Crippen molar-refractivity contribution in [2.24, 2.45) is 0 Å². The predicted octanol–water partition coefficient (Wildman–Crippen LogP) is 2.09. The molecule has 2 aromatic rings. The highest BCUT2D eigenvalue weighted by Crippen LogP contribution is 2.36. The van der Waals surface area contributed by atoms with Gasteiger partial charge in [-0.05, 0) is 31.5 Å². The van der Waals surface area contributed by atoms with Crippen molar-refractivity contribution in [3.8, 4) is 0 Å². The third kappa shape index (κ3) is 3.68. The zero-order valence-corrected chi connectivity index (χ0v) is 17.0. The number of nitrogens with zero attached hydrogens (tertiary/aromatic N) is 2. The molecule has 2 N–H and O–H groups in total. The molecule has 4 amide bonds. The number of urea groups is 1. The first kappa shape index (κ1) is 19.8. The van der Waals surface area contributed by atoms with Crippen LogP contribution in [0.3, 0.4) is 0 Å². The molecule has 1 aromatic carbocycles. The van der Waals surface area contributed by atoms with Crippen LogP contribution < -0.4 is 10.6 Å². The fraction of sp³-hybridized carbons (Fsp3) is 0.318. The van der Waals surface area contributed by atoms with Gasteiger partial charge in [-0.2, -0.15) is 0 Å². The third-order valence-corrected chi connectivity index (χ3v) is 5.40. The number of carbonyl (C=O) groups excluding carboxylic acids is 3. The van der Waals surface area contributed by atoms with Gasteiger partial charge in [-0.3, -0.25) is 14.5 Å². The van der Waals surface area contributed by atoms with Crippen LogP contribution in [0.25, 0.3) is 0 Å². The van der Waals surface area contributed by atoms with E-state index in [0.29, 0.717) is 23.6 Å². The Morgan fingerprint density at radius 3 is 2.67 bits per heavy atom. The molecular formula is C22H24N4O4. The molecule has 0 fully saturated rings. The normalized spacial score (nSPS) is 18.5. The zero-order valence-electron chi connectivity index (χ0n) is 17.0. The first-order chi connectivity index (χ1) is 14.5. The quantitative estimate of drug-likeness (QED) is 0.765. The molecule has 0 radical (unpaired) electrons. The number of nitrogens with one attached hydrogen (secondary N) is 2. The summed E-state index contributed by atoms with van der Waals surface area (Å²) in [5.41, 5.74) is 3.13. The minimum Gasteiger partial charge on any atom is -0.467 e. The first-order valence-corrected chi connectivity index (χ1v) is 9.94. The Morgan fingerprint density at radius 2 is 2.00 bits per heavy atom. The lowest BCUT2D eigenvalue weighted by Gasteiger charge is -2.32. The molecule has 0 saturated carbocycles. The van der Waals surface area contributed by atoms with Crippen molar-refractivity contribution >= 4 is 17.8 Å². The summed E-state index contributed by atoms with van der Waals surface area (Å²) in [7, 11) is 0. The van der Waals surface area contributed by atoms with E-state index in [4.69, 9.17) is 4.42 Å². The second kappa shape index (κ2) is 8.06. The summed E-state index contributed by atoms with van der Waals surface area (Å²) in [4.78, 5) is 41.3. The SMILES string of the molecule is CCN1C(=O)NC(c2ccc(C)cc2)C2=C1CN(CC(=O)NCc1ccco1)C2=O. The lowest BCUT2D eigenvalue weighted by atomic mass is 9.95. The molecule has 0 saturated heterocycles. The number of hydrogen-bond donors (Lipinski definition) is 2. The largest absolute Gasteiger partial charge is 0.467 e. The Morgan fingerprint density at radius 1 is 1.23 bits per heavy atom. The van der Waals surface area contributed by atoms with Crippen LogP contribution >= 0.6 is 0 Å². The Balaban J connectivity index is 1.53. The highest BCUT2D eigenvalue weighted by atomic mass is 16.3. The summed E-state index contributed by atoms with van der Waals surface area (Å²) in [6.45, 7) is 4.69. The Bertz CT molecular complexity index is 995. The van der Waals surface area contributed by atoms with Crippen molar-refractivity contribution in [3.63, 3.8) is 0 Å². The molecule has 156 valence electrons. The maximum absolute atomic E-state index is 13.2. The Labute approximate surface area is 174 Å². The van der Waals surface area contributed by atoms with E-state index in [1.165, 1.54) is 11.2 Å². The minimum atomic E-state index is -0.528. The molecule has 1 atom stereocenters. The summed E-state index contributed by atoms with van der Waals surface area (Å²) in [6, 6.07) is 10.5. The van der Waals surface area contributed by atoms with Crippen LogP contribution in [0.15, 0.2) is 58.3 Å². The van der Waals surface area contributed by atoms with Crippen molar-refractivity contribution in [1.82, 2.24) is 20.4 Å². The standard InChI is InChI=1S/C22H24N4O4/c1-3-26-17-12-25(13-18(27)23-11-16-5-4-10-30-16)21(28)19(17)20(24-22(26)29)15-8-6-14(2)7-9-15/h4-10,20H,3,11-13H2,1-2H3,(H,23,27)(H,24,29). The zero-order chi connectivity index (χ0) is 21.3. The molecule has 0 bridgehead atoms. The summed E-state index contributed by atoms with van der Waals surface area (Å²) >= 11 is 0. The molecule has 2 aliphatic heterocycles. The number of likely N-dealkylation sites (N-methyl/N-ethyl adjacent to an activating group) is 1. The van der Waals surface area contributed by atoms with Crippen molar-refractivity contribution < 1.29 is 18.8 Å². The average Bonchev–Trinajstić information content (AvgIpc) is 3.35. The van der Waals surface area contributed by atoms with Gasteiger partial charge in [0.1, 0.15) is 12.3 Å². The molecule has 4 rings (SSSR count). The maximum atomic E-state index is 13.2. The van der Waals surface area contributed by atoms with Gasteiger partial charge in [-0.25, -0.2) is 4.79 Å². The number of hydrogen-bond acceptors (Lipinski definition) is 4. The van der Waals surface area contributed by atoms with E-state index in [2.05, 4.69) is 10.6 Å². The van der Waals surface area contributed by atoms with Gasteiger partial charge in [0.2, 0.25) is 5.91 Å². The second-order valence-corrected chi connectivity index (χ2v) is 7.42. The van der Waals surface area contributed by atoms with Crippen LogP contribution in [0.4, 0.5) is 4.79 Å². The molecular weight excluding hydrogens is 384 g/mol. The Kier molecular flexibility index (Phi) is 5.31. The molecule has 3 heterocycles. The molecule has 0 spiro atoms. The van der Waals surface area contributed by atoms with Crippen molar-refractivity contribution in [1.29, 1.82) is 0 Å². The second-order valence-electron chi connectivity index (χ2n) is 7.42. The highest BCUT2D eigenvalue weighted by molar-refractivity contribution is 6.03. The van der Waals surface area contributed by atoms with Crippen molar-refractivity contribution in [3.05, 3.63) is 70.8 Å². The number of carbonyl (C=O) groups is 3. The van der Waals surface area contributed by atoms with Gasteiger partial charge in [-0.15, -0.1) is 0 Å². The first-order valence-electron chi connectivity index (χ1n) is 9.94. The van der Waals surface area contributed by atoms with E-state index in [-0.39, 0.29) is 37.5 Å². The number of amides is 4. The van der Waals surface area contributed by atoms with Crippen LogP contribution in [0, 0.1) is 6.92 Å². The number of furan rings is 1. The van der Waals surface area contributed by atoms with E-state index in [1.54, 1.807) is 17.0 Å². The monoisotopic (exact) mass is 408 g/mol. The molecule has 8 heteroatoms. The fourth-order valence-electron chi connectivity index (χ4n) is 3.85. The third-order valence-electron chi connectivity index (χ3n) is 5.40. The number of benzene rings is 1. The van der Waals surface area contributed by atoms with Crippen LogP contribution in [0.5, 0.6) is 0 Å². The molecule has 1 unspecified atom stereocenters. The molecule has 8 nitrogen and oxygen atoms in total. The topological polar surface area (TPSA) is 94.9 Å². The van der Waals surface area contributed by atoms with Gasteiger partial charge in [0.25, 0.3) is 5.91 Å². The number of aryl methyl sites for hydroxylation is 1. The summed E-state index contributed by atoms with van der Waals surface area (Å²) < 4.78 is 5.21. The lowest BCUT2D eigenvalue weighted by Crippen LogP contribution is -2.47. The van der Waals surface area contributed by atoms with Gasteiger partial charge in [0.15, 0.2) is 0 Å². The van der Waals surface area contributed by atoms with E-state index in [0.717, 1.165) is 11.1 Å². The van der Waals surface area contributed by atoms with Crippen LogP contribution in [0.2, 0.25) is 0 Å². The van der Waals surface area contributed by atoms with Crippen LogP contribution in [-0.2, 0) is 16.1 Å². The Hall–Kier alpha value is -3.55. The summed E-state index contributed by atoms with van der Waals surface area (Å²) in [5.74, 6) is 0.121. The van der Waals surface area contributed by atoms with E-state index < -0.39 is 6.04 Å². The summed E-state index contributed by atoms with van der Waals surface area (Å²) in [6.07, 6.45) is 1.54. The smallest absolute Gasteiger partial charge is 0.322 e. The van der Waals surface area contributed by atoms with E-state index in [1.807, 2.05) is 38.1 Å². The van der Waals surface area contributed by atoms with Gasteiger partial charge >= 0.3 is 6.03 Å². The molecule has 1 aromatic heterocycles. The highest BCUT2D eigenvalue weighted by Gasteiger charge is 2.43. The summed E-state index contributed by atoms with van der Waals surface area (Å²) in [5, 5.41) is 5.70. The van der Waals surface area contributed by atoms with E-state index >= 15 is 0 Å². The van der Waals surface area contributed by atoms with E-state index in [9.17, 15) is 14.4 Å². The molecule has 2 aliphatic rings. The van der Waals surface area contributed by atoms with Gasteiger partial charge in [-0.1, -0.05) is 29.8 Å². The van der Waals surface area contributed by atoms with Gasteiger partial charge < -0.3 is 20.0 Å².